The van der Waals surface area contributed by atoms with Gasteiger partial charge in [-0.25, -0.2) is 8.78 Å². The summed E-state index contributed by atoms with van der Waals surface area (Å²) >= 11 is 1.55. The maximum atomic E-state index is 13.2. The molecule has 1 aromatic rings. The molecule has 1 aromatic carbocycles. The molecule has 1 rings (SSSR count). The molecular weight excluding hydrogens is 218 g/mol. The normalized spacial score (nSPS) is 12.8. The van der Waals surface area contributed by atoms with Gasteiger partial charge in [0, 0.05) is 23.7 Å². The first-order valence-electron chi connectivity index (χ1n) is 4.80. The van der Waals surface area contributed by atoms with Crippen LogP contribution in [0.15, 0.2) is 18.2 Å². The smallest absolute Gasteiger partial charge is 0.130 e. The molecule has 0 bridgehead atoms. The Labute approximate surface area is 92.5 Å². The summed E-state index contributed by atoms with van der Waals surface area (Å²) in [5.41, 5.74) is 0.506. The van der Waals surface area contributed by atoms with E-state index in [9.17, 15) is 8.78 Å². The average Bonchev–Trinajstić information content (AvgIpc) is 2.17. The average molecular weight is 232 g/mol. The van der Waals surface area contributed by atoms with Crippen molar-refractivity contribution in [3.8, 4) is 0 Å². The Hall–Kier alpha value is -0.610. The molecule has 84 valence electrons. The first-order valence-corrected chi connectivity index (χ1v) is 5.84. The van der Waals surface area contributed by atoms with Gasteiger partial charge in [0.15, 0.2) is 0 Å². The molecular formula is C11H14F2OS. The monoisotopic (exact) mass is 232 g/mol. The topological polar surface area (TPSA) is 20.2 Å². The molecule has 0 heterocycles. The molecule has 0 radical (unpaired) electrons. The van der Waals surface area contributed by atoms with Gasteiger partial charge in [0.1, 0.15) is 11.6 Å². The van der Waals surface area contributed by atoms with Crippen LogP contribution in [0, 0.1) is 11.6 Å². The molecule has 1 nitrogen and oxygen atoms in total. The fraction of sp³-hybridized carbons (Fsp3) is 0.455. The molecule has 0 aliphatic rings. The van der Waals surface area contributed by atoms with Crippen LogP contribution in [-0.4, -0.2) is 17.0 Å². The number of benzene rings is 1. The summed E-state index contributed by atoms with van der Waals surface area (Å²) in [4.78, 5) is 0. The lowest BCUT2D eigenvalue weighted by atomic mass is 10.2. The second-order valence-corrected chi connectivity index (χ2v) is 4.80. The zero-order valence-corrected chi connectivity index (χ0v) is 9.36. The Balaban J connectivity index is 2.50. The highest BCUT2D eigenvalue weighted by atomic mass is 32.2. The van der Waals surface area contributed by atoms with Crippen molar-refractivity contribution in [2.75, 3.05) is 6.61 Å². The number of aliphatic hydroxyl groups is 1. The minimum absolute atomic E-state index is 0.139. The molecule has 15 heavy (non-hydrogen) atoms. The molecule has 0 amide bonds. The summed E-state index contributed by atoms with van der Waals surface area (Å²) in [5.74, 6) is -0.545. The predicted octanol–water partition coefficient (Wildman–Crippen LogP) is 2.97. The largest absolute Gasteiger partial charge is 0.396 e. The van der Waals surface area contributed by atoms with Gasteiger partial charge in [-0.3, -0.25) is 0 Å². The van der Waals surface area contributed by atoms with Crippen LogP contribution in [-0.2, 0) is 5.75 Å². The molecule has 0 spiro atoms. The van der Waals surface area contributed by atoms with Crippen molar-refractivity contribution in [2.24, 2.45) is 0 Å². The zero-order valence-electron chi connectivity index (χ0n) is 8.54. The fourth-order valence-corrected chi connectivity index (χ4v) is 2.11. The third-order valence-corrected chi connectivity index (χ3v) is 3.36. The third-order valence-electron chi connectivity index (χ3n) is 2.07. The molecule has 1 unspecified atom stereocenters. The van der Waals surface area contributed by atoms with Crippen molar-refractivity contribution in [1.82, 2.24) is 0 Å². The number of thioether (sulfide) groups is 1. The van der Waals surface area contributed by atoms with E-state index in [0.717, 1.165) is 6.07 Å². The Morgan fingerprint density at radius 3 is 2.73 bits per heavy atom. The van der Waals surface area contributed by atoms with E-state index in [0.29, 0.717) is 17.7 Å². The first-order chi connectivity index (χ1) is 7.13. The van der Waals surface area contributed by atoms with Gasteiger partial charge in [-0.2, -0.15) is 11.8 Å². The third kappa shape index (κ3) is 4.18. The van der Waals surface area contributed by atoms with Gasteiger partial charge in [-0.15, -0.1) is 0 Å². The van der Waals surface area contributed by atoms with Crippen LogP contribution < -0.4 is 0 Å². The van der Waals surface area contributed by atoms with E-state index in [1.165, 1.54) is 12.1 Å². The van der Waals surface area contributed by atoms with E-state index in [1.807, 2.05) is 6.92 Å². The van der Waals surface area contributed by atoms with Crippen LogP contribution in [0.5, 0.6) is 0 Å². The van der Waals surface area contributed by atoms with Gasteiger partial charge in [0.2, 0.25) is 0 Å². The van der Waals surface area contributed by atoms with Crippen LogP contribution in [0.2, 0.25) is 0 Å². The summed E-state index contributed by atoms with van der Waals surface area (Å²) in [6, 6.07) is 3.62. The zero-order chi connectivity index (χ0) is 11.3. The minimum atomic E-state index is -0.551. The van der Waals surface area contributed by atoms with E-state index in [1.54, 1.807) is 11.8 Å². The standard InChI is InChI=1S/C11H14F2OS/c1-8(4-5-14)15-7-9-2-3-10(12)6-11(9)13/h2-3,6,8,14H,4-5,7H2,1H3. The highest BCUT2D eigenvalue weighted by Crippen LogP contribution is 2.21. The molecule has 1 N–H and O–H groups in total. The molecule has 0 aromatic heterocycles. The van der Waals surface area contributed by atoms with Crippen LogP contribution in [0.4, 0.5) is 8.78 Å². The minimum Gasteiger partial charge on any atom is -0.396 e. The van der Waals surface area contributed by atoms with Crippen LogP contribution in [0.3, 0.4) is 0 Å². The summed E-state index contributed by atoms with van der Waals surface area (Å²) in [6.07, 6.45) is 0.688. The van der Waals surface area contributed by atoms with Crippen LogP contribution in [0.25, 0.3) is 0 Å². The van der Waals surface area contributed by atoms with Crippen molar-refractivity contribution in [3.63, 3.8) is 0 Å². The Kier molecular flexibility index (Phi) is 5.05. The second kappa shape index (κ2) is 6.08. The molecule has 4 heteroatoms. The molecule has 0 saturated carbocycles. The summed E-state index contributed by atoms with van der Waals surface area (Å²) in [6.45, 7) is 2.11. The maximum absolute atomic E-state index is 13.2. The SMILES string of the molecule is CC(CCO)SCc1ccc(F)cc1F. The Morgan fingerprint density at radius 2 is 2.13 bits per heavy atom. The van der Waals surface area contributed by atoms with E-state index in [4.69, 9.17) is 5.11 Å². The number of hydrogen-bond donors (Lipinski definition) is 1. The van der Waals surface area contributed by atoms with Gasteiger partial charge in [-0.1, -0.05) is 13.0 Å². The van der Waals surface area contributed by atoms with Crippen LogP contribution in [0.1, 0.15) is 18.9 Å². The van der Waals surface area contributed by atoms with Crippen molar-refractivity contribution in [3.05, 3.63) is 35.4 Å². The summed E-state index contributed by atoms with van der Waals surface area (Å²) in [5, 5.41) is 8.97. The molecule has 0 saturated heterocycles. The lowest BCUT2D eigenvalue weighted by molar-refractivity contribution is 0.289. The predicted molar refractivity (Wildman–Crippen MR) is 58.8 cm³/mol. The van der Waals surface area contributed by atoms with Crippen molar-refractivity contribution < 1.29 is 13.9 Å². The second-order valence-electron chi connectivity index (χ2n) is 3.37. The van der Waals surface area contributed by atoms with E-state index >= 15 is 0 Å². The molecule has 0 aliphatic heterocycles. The van der Waals surface area contributed by atoms with Crippen molar-refractivity contribution >= 4 is 11.8 Å². The lowest BCUT2D eigenvalue weighted by Gasteiger charge is -2.09. The van der Waals surface area contributed by atoms with Gasteiger partial charge >= 0.3 is 0 Å². The fourth-order valence-electron chi connectivity index (χ4n) is 1.14. The van der Waals surface area contributed by atoms with Gasteiger partial charge < -0.3 is 5.11 Å². The lowest BCUT2D eigenvalue weighted by Crippen LogP contribution is -2.00. The quantitative estimate of drug-likeness (QED) is 0.842. The Morgan fingerprint density at radius 1 is 1.40 bits per heavy atom. The molecule has 0 aliphatic carbocycles. The maximum Gasteiger partial charge on any atom is 0.130 e. The number of rotatable bonds is 5. The molecule has 1 atom stereocenters. The van der Waals surface area contributed by atoms with Crippen molar-refractivity contribution in [1.29, 1.82) is 0 Å². The first kappa shape index (κ1) is 12.5. The number of aliphatic hydroxyl groups excluding tert-OH is 1. The van der Waals surface area contributed by atoms with E-state index in [-0.39, 0.29) is 11.9 Å². The van der Waals surface area contributed by atoms with Crippen LogP contribution >= 0.6 is 11.8 Å². The Bertz CT molecular complexity index is 317. The van der Waals surface area contributed by atoms with Gasteiger partial charge in [-0.05, 0) is 18.1 Å². The van der Waals surface area contributed by atoms with Gasteiger partial charge in [0.25, 0.3) is 0 Å². The number of hydrogen-bond acceptors (Lipinski definition) is 2. The molecule has 0 fully saturated rings. The number of halogens is 2. The summed E-state index contributed by atoms with van der Waals surface area (Å²) < 4.78 is 25.8. The highest BCUT2D eigenvalue weighted by Gasteiger charge is 2.06. The van der Waals surface area contributed by atoms with Gasteiger partial charge in [0.05, 0.1) is 0 Å². The highest BCUT2D eigenvalue weighted by molar-refractivity contribution is 7.99. The van der Waals surface area contributed by atoms with E-state index in [2.05, 4.69) is 0 Å². The van der Waals surface area contributed by atoms with Crippen molar-refractivity contribution in [2.45, 2.75) is 24.3 Å². The summed E-state index contributed by atoms with van der Waals surface area (Å²) in [7, 11) is 0. The van der Waals surface area contributed by atoms with E-state index < -0.39 is 11.6 Å².